The van der Waals surface area contributed by atoms with E-state index in [1.54, 1.807) is 22.3 Å². The van der Waals surface area contributed by atoms with E-state index in [9.17, 15) is 0 Å². The van der Waals surface area contributed by atoms with Crippen molar-refractivity contribution in [3.8, 4) is 0 Å². The second-order valence-electron chi connectivity index (χ2n) is 9.02. The summed E-state index contributed by atoms with van der Waals surface area (Å²) in [5.74, 6) is 0. The van der Waals surface area contributed by atoms with Gasteiger partial charge in [0.25, 0.3) is 0 Å². The van der Waals surface area contributed by atoms with Gasteiger partial charge in [-0.25, -0.2) is 0 Å². The Bertz CT molecular complexity index is 1050. The van der Waals surface area contributed by atoms with E-state index < -0.39 is 20.4 Å². The average molecular weight is 559 g/mol. The fourth-order valence-electron chi connectivity index (χ4n) is 5.40. The molecular weight excluding hydrogens is 527 g/mol. The zero-order valence-corrected chi connectivity index (χ0v) is 24.8. The van der Waals surface area contributed by atoms with Crippen molar-refractivity contribution in [3.63, 3.8) is 0 Å². The molecule has 32 heavy (non-hydrogen) atoms. The molecule has 0 spiro atoms. The molecule has 2 aliphatic rings. The molecule has 2 aromatic rings. The van der Waals surface area contributed by atoms with Gasteiger partial charge in [0.1, 0.15) is 0 Å². The predicted molar refractivity (Wildman–Crippen MR) is 131 cm³/mol. The van der Waals surface area contributed by atoms with Crippen LogP contribution in [-0.2, 0) is 20.4 Å². The van der Waals surface area contributed by atoms with E-state index in [0.717, 1.165) is 7.25 Å². The quantitative estimate of drug-likeness (QED) is 0.506. The minimum Gasteiger partial charge on any atom is -1.00 e. The molecule has 0 bridgehead atoms. The van der Waals surface area contributed by atoms with Crippen molar-refractivity contribution in [2.24, 2.45) is 0 Å². The van der Waals surface area contributed by atoms with Gasteiger partial charge in [0.05, 0.1) is 0 Å². The van der Waals surface area contributed by atoms with Crippen molar-refractivity contribution in [2.45, 2.75) is 48.0 Å². The van der Waals surface area contributed by atoms with Crippen LogP contribution in [0.25, 0.3) is 11.1 Å². The van der Waals surface area contributed by atoms with Crippen molar-refractivity contribution in [1.29, 1.82) is 0 Å². The Morgan fingerprint density at radius 2 is 0.938 bits per heavy atom. The average Bonchev–Trinajstić information content (AvgIpc) is 3.20. The van der Waals surface area contributed by atoms with Crippen LogP contribution in [0.3, 0.4) is 0 Å². The fourth-order valence-corrected chi connectivity index (χ4v) is 27.0. The summed E-state index contributed by atoms with van der Waals surface area (Å²) in [5.41, 5.74) is 12.0. The largest absolute Gasteiger partial charge is 1.00 e. The van der Waals surface area contributed by atoms with Crippen LogP contribution in [0.2, 0.25) is 20.3 Å². The summed E-state index contributed by atoms with van der Waals surface area (Å²) in [4.78, 5) is 0. The molecule has 166 valence electrons. The van der Waals surface area contributed by atoms with Gasteiger partial charge in [0, 0.05) is 0 Å². The molecule has 2 aliphatic carbocycles. The van der Waals surface area contributed by atoms with Crippen molar-refractivity contribution >= 4 is 16.6 Å². The standard InChI is InChI=1S/2C13H13.C2H6Si.2ClH.Zr/c2*1-10-8-11(2)13(9-10)12-6-4-3-5-7-12;1-3-2;;;/h2*3-9H,1-2H3;1-2H3;2*1H;/q;;;;;+2/p-2. The van der Waals surface area contributed by atoms with Gasteiger partial charge in [-0.15, -0.1) is 0 Å². The summed E-state index contributed by atoms with van der Waals surface area (Å²) in [6.07, 6.45) is 5.01. The maximum absolute atomic E-state index is 2.60. The normalized spacial score (nSPS) is 19.5. The molecule has 0 saturated carbocycles. The summed E-state index contributed by atoms with van der Waals surface area (Å²) in [7, 11) is 0. The SMILES string of the molecule is CC1=CC(c2ccccc2)=C(C)[CH]1[Zr+2]([CH]1C(C)=CC(c2ccccc2)=C1C)=[Si](C)C.[Cl-].[Cl-]. The van der Waals surface area contributed by atoms with E-state index in [1.807, 2.05) is 0 Å². The molecule has 0 amide bonds. The number of rotatable bonds is 4. The predicted octanol–water partition coefficient (Wildman–Crippen LogP) is 2.31. The fraction of sp³-hybridized carbons (Fsp3) is 0.286. The van der Waals surface area contributed by atoms with Crippen LogP contribution in [-0.4, -0.2) is 5.43 Å². The number of hydrogen-bond acceptors (Lipinski definition) is 0. The van der Waals surface area contributed by atoms with Crippen LogP contribution in [0, 0.1) is 0 Å². The van der Waals surface area contributed by atoms with E-state index >= 15 is 0 Å². The molecule has 0 N–H and O–H groups in total. The van der Waals surface area contributed by atoms with Crippen LogP contribution in [0.4, 0.5) is 0 Å². The third-order valence-electron chi connectivity index (χ3n) is 6.74. The van der Waals surface area contributed by atoms with Crippen molar-refractivity contribution in [3.05, 3.63) is 106 Å². The molecule has 0 heterocycles. The second kappa shape index (κ2) is 11.5. The molecule has 0 radical (unpaired) electrons. The van der Waals surface area contributed by atoms with Crippen LogP contribution >= 0.6 is 0 Å². The van der Waals surface area contributed by atoms with Gasteiger partial charge in [-0.1, -0.05) is 0 Å². The van der Waals surface area contributed by atoms with Crippen LogP contribution in [0.5, 0.6) is 0 Å². The van der Waals surface area contributed by atoms with Crippen molar-refractivity contribution in [1.82, 2.24) is 0 Å². The Morgan fingerprint density at radius 3 is 1.25 bits per heavy atom. The minimum absolute atomic E-state index is 0. The summed E-state index contributed by atoms with van der Waals surface area (Å²) < 4.78 is 1.48. The molecule has 4 rings (SSSR count). The van der Waals surface area contributed by atoms with Crippen LogP contribution in [0.15, 0.2) is 95.1 Å². The first-order valence-corrected chi connectivity index (χ1v) is 20.0. The number of halogens is 2. The third kappa shape index (κ3) is 5.10. The molecule has 2 aromatic carbocycles. The molecular formula is C28H32Cl2SiZr. The maximum atomic E-state index is 2.60. The zero-order chi connectivity index (χ0) is 21.4. The molecule has 0 nitrogen and oxygen atoms in total. The summed E-state index contributed by atoms with van der Waals surface area (Å²) in [6, 6.07) is 22.0. The van der Waals surface area contributed by atoms with Gasteiger partial charge in [0.2, 0.25) is 0 Å². The number of benzene rings is 2. The second-order valence-corrected chi connectivity index (χ2v) is 26.9. The summed E-state index contributed by atoms with van der Waals surface area (Å²) in [6.45, 7) is 14.9. The van der Waals surface area contributed by atoms with Crippen LogP contribution in [0.1, 0.15) is 38.8 Å². The Hall–Kier alpha value is -0.920. The smallest absolute Gasteiger partial charge is 1.00 e. The van der Waals surface area contributed by atoms with Gasteiger partial charge >= 0.3 is 191 Å². The Morgan fingerprint density at radius 1 is 0.594 bits per heavy atom. The molecule has 0 aliphatic heterocycles. The molecule has 0 saturated heterocycles. The first kappa shape index (κ1) is 27.3. The molecule has 4 heteroatoms. The van der Waals surface area contributed by atoms with Crippen molar-refractivity contribution in [2.75, 3.05) is 0 Å². The number of hydrogen-bond donors (Lipinski definition) is 0. The Kier molecular flexibility index (Phi) is 9.80. The van der Waals surface area contributed by atoms with Gasteiger partial charge in [-0.3, -0.25) is 0 Å². The molecule has 0 aromatic heterocycles. The summed E-state index contributed by atoms with van der Waals surface area (Å²) in [5, 5.41) is 0. The number of allylic oxidation sites excluding steroid dienone is 8. The van der Waals surface area contributed by atoms with Gasteiger partial charge < -0.3 is 24.8 Å². The topological polar surface area (TPSA) is 0 Å². The van der Waals surface area contributed by atoms with Crippen LogP contribution < -0.4 is 24.8 Å². The van der Waals surface area contributed by atoms with Gasteiger partial charge in [0.15, 0.2) is 0 Å². The van der Waals surface area contributed by atoms with Gasteiger partial charge in [-0.05, 0) is 0 Å². The Balaban J connectivity index is 0.00000181. The van der Waals surface area contributed by atoms with Crippen molar-refractivity contribution < 1.29 is 45.2 Å². The summed E-state index contributed by atoms with van der Waals surface area (Å²) >= 11 is -1.86. The van der Waals surface area contributed by atoms with E-state index in [-0.39, 0.29) is 30.2 Å². The van der Waals surface area contributed by atoms with Gasteiger partial charge in [-0.2, -0.15) is 0 Å². The van der Waals surface area contributed by atoms with E-state index in [0.29, 0.717) is 0 Å². The van der Waals surface area contributed by atoms with E-state index in [2.05, 4.69) is 114 Å². The zero-order valence-electron chi connectivity index (χ0n) is 19.8. The molecule has 2 unspecified atom stereocenters. The van der Waals surface area contributed by atoms with E-state index in [4.69, 9.17) is 0 Å². The Labute approximate surface area is 214 Å². The third-order valence-corrected chi connectivity index (χ3v) is 27.2. The molecule has 0 fully saturated rings. The first-order chi connectivity index (χ1) is 14.4. The minimum atomic E-state index is -1.86. The molecule has 2 atom stereocenters. The monoisotopic (exact) mass is 556 g/mol. The maximum Gasteiger partial charge on any atom is -1.00 e. The first-order valence-electron chi connectivity index (χ1n) is 11.0. The van der Waals surface area contributed by atoms with E-state index in [1.165, 1.54) is 22.3 Å².